The molecule has 0 fully saturated rings. The Morgan fingerprint density at radius 3 is 2.54 bits per heavy atom. The summed E-state index contributed by atoms with van der Waals surface area (Å²) >= 11 is 1.42. The monoisotopic (exact) mass is 350 g/mol. The molecule has 0 aliphatic carbocycles. The fraction of sp³-hybridized carbons (Fsp3) is 0.471. The molecule has 0 saturated carbocycles. The van der Waals surface area contributed by atoms with Gasteiger partial charge in [-0.1, -0.05) is 0 Å². The molecule has 1 aromatic rings. The number of carbonyl (C=O) groups is 3. The first-order valence-electron chi connectivity index (χ1n) is 7.84. The van der Waals surface area contributed by atoms with Gasteiger partial charge in [-0.3, -0.25) is 9.59 Å². The van der Waals surface area contributed by atoms with Crippen molar-refractivity contribution in [2.45, 2.75) is 44.7 Å². The summed E-state index contributed by atoms with van der Waals surface area (Å²) < 4.78 is 5.14. The fourth-order valence-corrected chi connectivity index (χ4v) is 3.46. The highest BCUT2D eigenvalue weighted by Gasteiger charge is 2.22. The molecular weight excluding hydrogens is 328 g/mol. The number of amides is 2. The lowest BCUT2D eigenvalue weighted by Gasteiger charge is -2.30. The van der Waals surface area contributed by atoms with Crippen LogP contribution in [-0.4, -0.2) is 47.1 Å². The number of carbonyl (C=O) groups excluding carboxylic acids is 3. The summed E-state index contributed by atoms with van der Waals surface area (Å²) in [5.41, 5.74) is 0.910. The Labute approximate surface area is 145 Å². The summed E-state index contributed by atoms with van der Waals surface area (Å²) in [5.74, 6) is -0.540. The Balaban J connectivity index is 2.01. The standard InChI is InChI=1S/C17H22N2O4S/c1-10(2)19(11(3)4)16(21)8-23-17(22)12-5-6-14-13(7-12)18-15(20)9-24-14/h5-7,10-11H,8-9H2,1-4H3,(H,18,20). The molecule has 1 heterocycles. The third-order valence-corrected chi connectivity index (χ3v) is 4.65. The number of esters is 1. The highest BCUT2D eigenvalue weighted by Crippen LogP contribution is 2.32. The summed E-state index contributed by atoms with van der Waals surface area (Å²) in [7, 11) is 0. The van der Waals surface area contributed by atoms with Gasteiger partial charge >= 0.3 is 5.97 Å². The van der Waals surface area contributed by atoms with Crippen LogP contribution in [0.25, 0.3) is 0 Å². The SMILES string of the molecule is CC(C)N(C(=O)COC(=O)c1ccc2c(c1)NC(=O)CS2)C(C)C. The number of ether oxygens (including phenoxy) is 1. The number of benzene rings is 1. The number of fused-ring (bicyclic) bond motifs is 1. The maximum atomic E-state index is 12.2. The molecule has 0 spiro atoms. The Bertz CT molecular complexity index is 650. The molecular formula is C17H22N2O4S. The maximum Gasteiger partial charge on any atom is 0.338 e. The Morgan fingerprint density at radius 1 is 1.25 bits per heavy atom. The van der Waals surface area contributed by atoms with Crippen LogP contribution in [0.1, 0.15) is 38.1 Å². The molecule has 6 nitrogen and oxygen atoms in total. The summed E-state index contributed by atoms with van der Waals surface area (Å²) in [6, 6.07) is 5.06. The van der Waals surface area contributed by atoms with E-state index in [0.29, 0.717) is 17.0 Å². The van der Waals surface area contributed by atoms with Gasteiger partial charge < -0.3 is 15.0 Å². The van der Waals surface area contributed by atoms with Gasteiger partial charge in [-0.25, -0.2) is 4.79 Å². The van der Waals surface area contributed by atoms with Crippen LogP contribution in [0.5, 0.6) is 0 Å². The molecule has 0 bridgehead atoms. The fourth-order valence-electron chi connectivity index (χ4n) is 2.67. The molecule has 2 amide bonds. The predicted octanol–water partition coefficient (Wildman–Crippen LogP) is 2.53. The zero-order chi connectivity index (χ0) is 17.9. The van der Waals surface area contributed by atoms with Crippen molar-refractivity contribution in [3.63, 3.8) is 0 Å². The predicted molar refractivity (Wildman–Crippen MR) is 93.2 cm³/mol. The van der Waals surface area contributed by atoms with E-state index in [2.05, 4.69) is 5.32 Å². The van der Waals surface area contributed by atoms with Crippen LogP contribution >= 0.6 is 11.8 Å². The minimum absolute atomic E-state index is 0.0344. The van der Waals surface area contributed by atoms with E-state index in [-0.39, 0.29) is 30.5 Å². The highest BCUT2D eigenvalue weighted by atomic mass is 32.2. The number of hydrogen-bond donors (Lipinski definition) is 1. The minimum Gasteiger partial charge on any atom is -0.452 e. The van der Waals surface area contributed by atoms with Crippen LogP contribution in [0.3, 0.4) is 0 Å². The average molecular weight is 350 g/mol. The summed E-state index contributed by atoms with van der Waals surface area (Å²) in [6.45, 7) is 7.38. The van der Waals surface area contributed by atoms with E-state index >= 15 is 0 Å². The van der Waals surface area contributed by atoms with Crippen LogP contribution in [0.15, 0.2) is 23.1 Å². The van der Waals surface area contributed by atoms with Crippen molar-refractivity contribution in [1.29, 1.82) is 0 Å². The van der Waals surface area contributed by atoms with Crippen molar-refractivity contribution in [1.82, 2.24) is 4.90 Å². The molecule has 24 heavy (non-hydrogen) atoms. The van der Waals surface area contributed by atoms with Gasteiger partial charge in [0.15, 0.2) is 6.61 Å². The molecule has 1 aliphatic rings. The van der Waals surface area contributed by atoms with Crippen molar-refractivity contribution >= 4 is 35.2 Å². The third-order valence-electron chi connectivity index (χ3n) is 3.58. The number of rotatable bonds is 5. The molecule has 2 rings (SSSR count). The molecule has 1 aliphatic heterocycles. The quantitative estimate of drug-likeness (QED) is 0.826. The Hall–Kier alpha value is -2.02. The van der Waals surface area contributed by atoms with Crippen LogP contribution in [0.4, 0.5) is 5.69 Å². The maximum absolute atomic E-state index is 12.2. The smallest absolute Gasteiger partial charge is 0.338 e. The van der Waals surface area contributed by atoms with Gasteiger partial charge in [-0.05, 0) is 45.9 Å². The molecule has 0 atom stereocenters. The van der Waals surface area contributed by atoms with Crippen molar-refractivity contribution in [3.8, 4) is 0 Å². The van der Waals surface area contributed by atoms with E-state index in [1.54, 1.807) is 23.1 Å². The second kappa shape index (κ2) is 7.70. The Morgan fingerprint density at radius 2 is 1.92 bits per heavy atom. The second-order valence-corrected chi connectivity index (χ2v) is 7.13. The van der Waals surface area contributed by atoms with Crippen LogP contribution in [-0.2, 0) is 14.3 Å². The molecule has 0 aromatic heterocycles. The summed E-state index contributed by atoms with van der Waals surface area (Å²) in [5, 5.41) is 2.73. The largest absolute Gasteiger partial charge is 0.452 e. The minimum atomic E-state index is -0.580. The topological polar surface area (TPSA) is 75.7 Å². The van der Waals surface area contributed by atoms with Gasteiger partial charge in [-0.15, -0.1) is 11.8 Å². The van der Waals surface area contributed by atoms with E-state index in [9.17, 15) is 14.4 Å². The summed E-state index contributed by atoms with van der Waals surface area (Å²) in [4.78, 5) is 38.4. The van der Waals surface area contributed by atoms with E-state index in [0.717, 1.165) is 4.90 Å². The van der Waals surface area contributed by atoms with Gasteiger partial charge in [0, 0.05) is 17.0 Å². The number of thioether (sulfide) groups is 1. The van der Waals surface area contributed by atoms with Gasteiger partial charge in [0.05, 0.1) is 17.0 Å². The van der Waals surface area contributed by atoms with E-state index in [4.69, 9.17) is 4.74 Å². The first-order valence-corrected chi connectivity index (χ1v) is 8.83. The second-order valence-electron chi connectivity index (χ2n) is 6.11. The molecule has 1 aromatic carbocycles. The average Bonchev–Trinajstić information content (AvgIpc) is 2.51. The number of anilines is 1. The number of nitrogens with one attached hydrogen (secondary N) is 1. The van der Waals surface area contributed by atoms with Crippen molar-refractivity contribution in [2.24, 2.45) is 0 Å². The lowest BCUT2D eigenvalue weighted by Crippen LogP contribution is -2.44. The van der Waals surface area contributed by atoms with Crippen LogP contribution < -0.4 is 5.32 Å². The van der Waals surface area contributed by atoms with Crippen molar-refractivity contribution < 1.29 is 19.1 Å². The first kappa shape index (κ1) is 18.3. The number of nitrogens with zero attached hydrogens (tertiary/aromatic N) is 1. The van der Waals surface area contributed by atoms with Gasteiger partial charge in [-0.2, -0.15) is 0 Å². The molecule has 0 radical (unpaired) electrons. The Kier molecular flexibility index (Phi) is 5.88. The normalized spacial score (nSPS) is 13.5. The highest BCUT2D eigenvalue weighted by molar-refractivity contribution is 8.00. The molecule has 0 saturated heterocycles. The molecule has 130 valence electrons. The van der Waals surface area contributed by atoms with Crippen LogP contribution in [0.2, 0.25) is 0 Å². The lowest BCUT2D eigenvalue weighted by atomic mass is 10.2. The van der Waals surface area contributed by atoms with Gasteiger partial charge in [0.1, 0.15) is 0 Å². The number of hydrogen-bond acceptors (Lipinski definition) is 5. The van der Waals surface area contributed by atoms with E-state index in [1.165, 1.54) is 11.8 Å². The first-order chi connectivity index (χ1) is 11.3. The molecule has 0 unspecified atom stereocenters. The summed E-state index contributed by atoms with van der Waals surface area (Å²) in [6.07, 6.45) is 0. The third kappa shape index (κ3) is 4.29. The van der Waals surface area contributed by atoms with Crippen LogP contribution in [0, 0.1) is 0 Å². The van der Waals surface area contributed by atoms with Gasteiger partial charge in [0.2, 0.25) is 5.91 Å². The van der Waals surface area contributed by atoms with Crippen molar-refractivity contribution in [3.05, 3.63) is 23.8 Å². The molecule has 1 N–H and O–H groups in total. The lowest BCUT2D eigenvalue weighted by molar-refractivity contribution is -0.138. The van der Waals surface area contributed by atoms with Gasteiger partial charge in [0.25, 0.3) is 5.91 Å². The van der Waals surface area contributed by atoms with E-state index in [1.807, 2.05) is 27.7 Å². The zero-order valence-corrected chi connectivity index (χ0v) is 15.1. The van der Waals surface area contributed by atoms with E-state index < -0.39 is 5.97 Å². The zero-order valence-electron chi connectivity index (χ0n) is 14.3. The van der Waals surface area contributed by atoms with Crippen molar-refractivity contribution in [2.75, 3.05) is 17.7 Å². The molecule has 7 heteroatoms.